The highest BCUT2D eigenvalue weighted by atomic mass is 16.5. The van der Waals surface area contributed by atoms with Gasteiger partial charge in [0.15, 0.2) is 5.78 Å². The predicted molar refractivity (Wildman–Crippen MR) is 67.6 cm³/mol. The Morgan fingerprint density at radius 2 is 2.06 bits per heavy atom. The number of carbonyl (C=O) groups excluding carboxylic acids is 1. The molecule has 3 nitrogen and oxygen atoms in total. The molecule has 0 heterocycles. The van der Waals surface area contributed by atoms with E-state index >= 15 is 0 Å². The van der Waals surface area contributed by atoms with Gasteiger partial charge in [-0.1, -0.05) is 19.1 Å². The molecule has 0 aliphatic rings. The maximum Gasteiger partial charge on any atom is 0.162 e. The van der Waals surface area contributed by atoms with Crippen LogP contribution in [-0.4, -0.2) is 25.1 Å². The van der Waals surface area contributed by atoms with Crippen molar-refractivity contribution in [1.82, 2.24) is 0 Å². The first-order valence-corrected chi connectivity index (χ1v) is 6.01. The third-order valence-corrected chi connectivity index (χ3v) is 2.28. The van der Waals surface area contributed by atoms with E-state index in [-0.39, 0.29) is 11.9 Å². The molecule has 0 fully saturated rings. The fourth-order valence-corrected chi connectivity index (χ4v) is 1.41. The van der Waals surface area contributed by atoms with Gasteiger partial charge in [0.25, 0.3) is 0 Å². The first-order chi connectivity index (χ1) is 8.13. The van der Waals surface area contributed by atoms with E-state index < -0.39 is 0 Å². The van der Waals surface area contributed by atoms with Gasteiger partial charge in [0.05, 0.1) is 12.7 Å². The number of hydrogen-bond acceptors (Lipinski definition) is 3. The normalized spacial score (nSPS) is 10.6. The summed E-state index contributed by atoms with van der Waals surface area (Å²) in [6.07, 6.45) is 0.728. The smallest absolute Gasteiger partial charge is 0.162 e. The van der Waals surface area contributed by atoms with Crippen LogP contribution in [0.1, 0.15) is 37.6 Å². The Morgan fingerprint density at radius 1 is 1.29 bits per heavy atom. The second kappa shape index (κ2) is 7.07. The van der Waals surface area contributed by atoms with Gasteiger partial charge in [-0.05, 0) is 26.0 Å². The molecule has 1 aromatic rings. The van der Waals surface area contributed by atoms with E-state index in [2.05, 4.69) is 0 Å². The van der Waals surface area contributed by atoms with Gasteiger partial charge in [-0.15, -0.1) is 0 Å². The summed E-state index contributed by atoms with van der Waals surface area (Å²) in [5.41, 5.74) is 0.703. The van der Waals surface area contributed by atoms with Crippen LogP contribution in [-0.2, 0) is 4.74 Å². The number of rotatable bonds is 7. The molecule has 0 spiro atoms. The fraction of sp³-hybridized carbons (Fsp3) is 0.500. The van der Waals surface area contributed by atoms with E-state index in [1.54, 1.807) is 6.07 Å². The summed E-state index contributed by atoms with van der Waals surface area (Å²) in [6.45, 7) is 6.89. The van der Waals surface area contributed by atoms with Crippen molar-refractivity contribution in [3.63, 3.8) is 0 Å². The quantitative estimate of drug-likeness (QED) is 0.539. The van der Waals surface area contributed by atoms with Gasteiger partial charge in [0.2, 0.25) is 0 Å². The molecule has 1 aromatic carbocycles. The van der Waals surface area contributed by atoms with Crippen LogP contribution in [0.25, 0.3) is 0 Å². The summed E-state index contributed by atoms with van der Waals surface area (Å²) < 4.78 is 10.9. The molecule has 0 bridgehead atoms. The number of hydrogen-bond donors (Lipinski definition) is 0. The van der Waals surface area contributed by atoms with Crippen LogP contribution in [0.15, 0.2) is 24.3 Å². The van der Waals surface area contributed by atoms with Crippen molar-refractivity contribution in [3.05, 3.63) is 29.8 Å². The van der Waals surface area contributed by atoms with E-state index in [9.17, 15) is 4.79 Å². The van der Waals surface area contributed by atoms with Gasteiger partial charge in [0, 0.05) is 12.0 Å². The summed E-state index contributed by atoms with van der Waals surface area (Å²) >= 11 is 0. The SMILES string of the molecule is CCC(=O)c1cccc(OCCOC(C)C)c1. The second-order valence-corrected chi connectivity index (χ2v) is 4.07. The number of carbonyl (C=O) groups is 1. The zero-order chi connectivity index (χ0) is 12.7. The Balaban J connectivity index is 2.46. The van der Waals surface area contributed by atoms with Crippen molar-refractivity contribution in [2.45, 2.75) is 33.3 Å². The summed E-state index contributed by atoms with van der Waals surface area (Å²) in [5.74, 6) is 0.852. The number of ether oxygens (including phenoxy) is 2. The molecule has 94 valence electrons. The minimum atomic E-state index is 0.133. The number of benzene rings is 1. The zero-order valence-electron chi connectivity index (χ0n) is 10.7. The zero-order valence-corrected chi connectivity index (χ0v) is 10.7. The predicted octanol–water partition coefficient (Wildman–Crippen LogP) is 3.08. The molecule has 0 N–H and O–H groups in total. The Kier molecular flexibility index (Phi) is 5.70. The molecule has 3 heteroatoms. The first-order valence-electron chi connectivity index (χ1n) is 6.01. The highest BCUT2D eigenvalue weighted by Gasteiger charge is 2.04. The molecule has 0 saturated carbocycles. The Bertz CT molecular complexity index is 358. The summed E-state index contributed by atoms with van der Waals surface area (Å²) in [5, 5.41) is 0. The van der Waals surface area contributed by atoms with Gasteiger partial charge in [-0.3, -0.25) is 4.79 Å². The van der Waals surface area contributed by atoms with Crippen molar-refractivity contribution in [2.24, 2.45) is 0 Å². The fourth-order valence-electron chi connectivity index (χ4n) is 1.41. The van der Waals surface area contributed by atoms with Gasteiger partial charge >= 0.3 is 0 Å². The van der Waals surface area contributed by atoms with E-state index in [1.165, 1.54) is 0 Å². The van der Waals surface area contributed by atoms with Gasteiger partial charge in [-0.2, -0.15) is 0 Å². The highest BCUT2D eigenvalue weighted by Crippen LogP contribution is 2.14. The Hall–Kier alpha value is -1.35. The molecular weight excluding hydrogens is 216 g/mol. The molecule has 0 atom stereocenters. The van der Waals surface area contributed by atoms with Crippen LogP contribution in [0.2, 0.25) is 0 Å². The molecule has 0 aliphatic carbocycles. The second-order valence-electron chi connectivity index (χ2n) is 4.07. The largest absolute Gasteiger partial charge is 0.491 e. The van der Waals surface area contributed by atoms with E-state index in [0.29, 0.717) is 25.2 Å². The average Bonchev–Trinajstić information content (AvgIpc) is 2.34. The Labute approximate surface area is 103 Å². The summed E-state index contributed by atoms with van der Waals surface area (Å²) in [7, 11) is 0. The number of Topliss-reactive ketones (excluding diaryl/α,β-unsaturated/α-hetero) is 1. The maximum atomic E-state index is 11.5. The molecule has 0 amide bonds. The lowest BCUT2D eigenvalue weighted by atomic mass is 10.1. The maximum absolute atomic E-state index is 11.5. The molecule has 0 aromatic heterocycles. The van der Waals surface area contributed by atoms with Gasteiger partial charge < -0.3 is 9.47 Å². The molecule has 1 rings (SSSR count). The van der Waals surface area contributed by atoms with Crippen LogP contribution >= 0.6 is 0 Å². The van der Waals surface area contributed by atoms with E-state index in [4.69, 9.17) is 9.47 Å². The first kappa shape index (κ1) is 13.7. The molecular formula is C14H20O3. The van der Waals surface area contributed by atoms with E-state index in [0.717, 1.165) is 5.75 Å². The third kappa shape index (κ3) is 5.00. The van der Waals surface area contributed by atoms with Crippen molar-refractivity contribution in [3.8, 4) is 5.75 Å². The van der Waals surface area contributed by atoms with Crippen LogP contribution in [0.5, 0.6) is 5.75 Å². The van der Waals surface area contributed by atoms with Crippen LogP contribution in [0.4, 0.5) is 0 Å². The Morgan fingerprint density at radius 3 is 2.71 bits per heavy atom. The van der Waals surface area contributed by atoms with Crippen LogP contribution in [0, 0.1) is 0 Å². The van der Waals surface area contributed by atoms with Crippen molar-refractivity contribution in [1.29, 1.82) is 0 Å². The lowest BCUT2D eigenvalue weighted by Gasteiger charge is -2.09. The van der Waals surface area contributed by atoms with Crippen LogP contribution in [0.3, 0.4) is 0 Å². The van der Waals surface area contributed by atoms with Crippen molar-refractivity contribution in [2.75, 3.05) is 13.2 Å². The third-order valence-electron chi connectivity index (χ3n) is 2.28. The standard InChI is InChI=1S/C14H20O3/c1-4-14(15)12-6-5-7-13(10-12)17-9-8-16-11(2)3/h5-7,10-11H,4,8-9H2,1-3H3. The molecule has 0 aliphatic heterocycles. The topological polar surface area (TPSA) is 35.5 Å². The molecule has 0 unspecified atom stereocenters. The van der Waals surface area contributed by atoms with Crippen LogP contribution < -0.4 is 4.74 Å². The van der Waals surface area contributed by atoms with Gasteiger partial charge in [-0.25, -0.2) is 0 Å². The molecule has 0 radical (unpaired) electrons. The minimum absolute atomic E-state index is 0.133. The highest BCUT2D eigenvalue weighted by molar-refractivity contribution is 5.96. The summed E-state index contributed by atoms with van der Waals surface area (Å²) in [4.78, 5) is 11.5. The lowest BCUT2D eigenvalue weighted by Crippen LogP contribution is -2.11. The number of ketones is 1. The van der Waals surface area contributed by atoms with Crippen molar-refractivity contribution < 1.29 is 14.3 Å². The summed E-state index contributed by atoms with van der Waals surface area (Å²) in [6, 6.07) is 7.27. The average molecular weight is 236 g/mol. The minimum Gasteiger partial charge on any atom is -0.491 e. The lowest BCUT2D eigenvalue weighted by molar-refractivity contribution is 0.0552. The van der Waals surface area contributed by atoms with Gasteiger partial charge in [0.1, 0.15) is 12.4 Å². The van der Waals surface area contributed by atoms with E-state index in [1.807, 2.05) is 39.0 Å². The molecule has 17 heavy (non-hydrogen) atoms. The monoisotopic (exact) mass is 236 g/mol. The van der Waals surface area contributed by atoms with Crippen molar-refractivity contribution >= 4 is 5.78 Å². The molecule has 0 saturated heterocycles.